The molecule has 4 rings (SSSR count). The van der Waals surface area contributed by atoms with E-state index in [0.717, 1.165) is 48.3 Å². The molecule has 0 saturated carbocycles. The van der Waals surface area contributed by atoms with Crippen LogP contribution in [0.4, 0.5) is 10.1 Å². The number of aromatic amines is 1. The number of rotatable bonds is 6. The van der Waals surface area contributed by atoms with Crippen molar-refractivity contribution in [1.29, 1.82) is 0 Å². The quantitative estimate of drug-likeness (QED) is 0.438. The predicted molar refractivity (Wildman–Crippen MR) is 118 cm³/mol. The van der Waals surface area contributed by atoms with Gasteiger partial charge in [-0.15, -0.1) is 0 Å². The summed E-state index contributed by atoms with van der Waals surface area (Å²) < 4.78 is 13.3. The number of halogens is 1. The van der Waals surface area contributed by atoms with Crippen LogP contribution in [0.2, 0.25) is 0 Å². The van der Waals surface area contributed by atoms with E-state index >= 15 is 0 Å². The van der Waals surface area contributed by atoms with Crippen molar-refractivity contribution >= 4 is 28.3 Å². The highest BCUT2D eigenvalue weighted by molar-refractivity contribution is 6.10. The van der Waals surface area contributed by atoms with Gasteiger partial charge in [0.15, 0.2) is 6.54 Å². The Morgan fingerprint density at radius 1 is 1.10 bits per heavy atom. The summed E-state index contributed by atoms with van der Waals surface area (Å²) in [5.74, 6) is -0.328. The lowest BCUT2D eigenvalue weighted by atomic mass is 10.0. The molecule has 1 aromatic heterocycles. The van der Waals surface area contributed by atoms with Crippen molar-refractivity contribution in [1.82, 2.24) is 4.98 Å². The molecular weight excluding hydrogens is 395 g/mol. The third-order valence-corrected chi connectivity index (χ3v) is 6.26. The predicted octanol–water partition coefficient (Wildman–Crippen LogP) is 0.609. The van der Waals surface area contributed by atoms with Gasteiger partial charge in [0.1, 0.15) is 38.0 Å². The molecule has 0 aliphatic carbocycles. The van der Waals surface area contributed by atoms with Crippen LogP contribution >= 0.6 is 0 Å². The van der Waals surface area contributed by atoms with E-state index in [9.17, 15) is 14.0 Å². The average molecular weight is 425 g/mol. The highest BCUT2D eigenvalue weighted by atomic mass is 19.1. The number of quaternary nitrogens is 2. The minimum Gasteiger partial charge on any atom is -0.358 e. The standard InChI is InChI=1S/C24H27FN4O2/c1-16-23(20-8-3-4-9-21(20)26-16)24(31)17(2)29-12-10-28(11-13-29)15-22(30)27-19-7-5-6-18(25)14-19/h3-9,14,17,26H,10-13,15H2,1-2H3,(H,27,30)/p+2/t17-/m0/s1. The number of fused-ring (bicyclic) bond motifs is 1. The van der Waals surface area contributed by atoms with Gasteiger partial charge < -0.3 is 20.1 Å². The van der Waals surface area contributed by atoms with Crippen LogP contribution in [-0.4, -0.2) is 55.4 Å². The van der Waals surface area contributed by atoms with Crippen molar-refractivity contribution in [3.63, 3.8) is 0 Å². The Bertz CT molecular complexity index is 1100. The number of aromatic nitrogens is 1. The SMILES string of the molecule is Cc1[nH]c2ccccc2c1C(=O)[C@H](C)[NH+]1CC[NH+](CC(=O)Nc2cccc(F)c2)CC1. The Kier molecular flexibility index (Phi) is 6.15. The lowest BCUT2D eigenvalue weighted by Crippen LogP contribution is -3.30. The molecule has 2 heterocycles. The van der Waals surface area contributed by atoms with Crippen LogP contribution in [0.1, 0.15) is 23.0 Å². The maximum absolute atomic E-state index is 13.3. The first-order chi connectivity index (χ1) is 14.9. The summed E-state index contributed by atoms with van der Waals surface area (Å²) >= 11 is 0. The number of amides is 1. The summed E-state index contributed by atoms with van der Waals surface area (Å²) in [6.07, 6.45) is 0. The number of hydrogen-bond acceptors (Lipinski definition) is 2. The molecule has 7 heteroatoms. The molecule has 3 aromatic rings. The number of para-hydroxylation sites is 1. The van der Waals surface area contributed by atoms with Crippen molar-refractivity contribution in [2.45, 2.75) is 19.9 Å². The highest BCUT2D eigenvalue weighted by Crippen LogP contribution is 2.22. The number of hydrogen-bond donors (Lipinski definition) is 4. The molecule has 31 heavy (non-hydrogen) atoms. The van der Waals surface area contributed by atoms with Crippen molar-refractivity contribution in [3.05, 3.63) is 65.6 Å². The lowest BCUT2D eigenvalue weighted by Gasteiger charge is -2.32. The van der Waals surface area contributed by atoms with Gasteiger partial charge in [0.2, 0.25) is 5.78 Å². The van der Waals surface area contributed by atoms with Gasteiger partial charge >= 0.3 is 0 Å². The molecule has 0 unspecified atom stereocenters. The van der Waals surface area contributed by atoms with Crippen molar-refractivity contribution in [3.8, 4) is 0 Å². The molecule has 0 radical (unpaired) electrons. The third-order valence-electron chi connectivity index (χ3n) is 6.26. The molecule has 1 saturated heterocycles. The Morgan fingerprint density at radius 2 is 1.84 bits per heavy atom. The fourth-order valence-electron chi connectivity index (χ4n) is 4.53. The van der Waals surface area contributed by atoms with Crippen LogP contribution in [0.25, 0.3) is 10.9 Å². The number of Topliss-reactive ketones (excluding diaryl/α,β-unsaturated/α-hetero) is 1. The van der Waals surface area contributed by atoms with Crippen LogP contribution in [0.5, 0.6) is 0 Å². The molecular formula is C24H29FN4O2+2. The van der Waals surface area contributed by atoms with E-state index in [4.69, 9.17) is 0 Å². The van der Waals surface area contributed by atoms with Gasteiger partial charge in [-0.1, -0.05) is 24.3 Å². The maximum Gasteiger partial charge on any atom is 0.279 e. The molecule has 6 nitrogen and oxygen atoms in total. The number of carbonyl (C=O) groups is 2. The summed E-state index contributed by atoms with van der Waals surface area (Å²) in [7, 11) is 0. The summed E-state index contributed by atoms with van der Waals surface area (Å²) in [4.78, 5) is 31.4. The summed E-state index contributed by atoms with van der Waals surface area (Å²) in [6, 6.07) is 13.7. The zero-order valence-electron chi connectivity index (χ0n) is 17.9. The van der Waals surface area contributed by atoms with Gasteiger partial charge in [0, 0.05) is 22.3 Å². The molecule has 1 aliphatic heterocycles. The summed E-state index contributed by atoms with van der Waals surface area (Å²) in [6.45, 7) is 7.59. The van der Waals surface area contributed by atoms with Crippen LogP contribution in [0, 0.1) is 12.7 Å². The second kappa shape index (κ2) is 8.99. The van der Waals surface area contributed by atoms with Gasteiger partial charge in [0.25, 0.3) is 5.91 Å². The van der Waals surface area contributed by atoms with Crippen LogP contribution < -0.4 is 15.1 Å². The Balaban J connectivity index is 1.33. The molecule has 4 N–H and O–H groups in total. The minimum absolute atomic E-state index is 0.123. The first kappa shape index (κ1) is 21.2. The van der Waals surface area contributed by atoms with Gasteiger partial charge in [0.05, 0.1) is 5.56 Å². The smallest absolute Gasteiger partial charge is 0.279 e. The minimum atomic E-state index is -0.369. The van der Waals surface area contributed by atoms with Crippen LogP contribution in [0.15, 0.2) is 48.5 Å². The fraction of sp³-hybridized carbons (Fsp3) is 0.333. The number of carbonyl (C=O) groups excluding carboxylic acids is 2. The molecule has 0 spiro atoms. The van der Waals surface area contributed by atoms with E-state index in [1.807, 2.05) is 38.1 Å². The lowest BCUT2D eigenvalue weighted by molar-refractivity contribution is -1.01. The molecule has 1 atom stereocenters. The van der Waals surface area contributed by atoms with Crippen molar-refractivity contribution < 1.29 is 23.8 Å². The molecule has 1 fully saturated rings. The topological polar surface area (TPSA) is 70.8 Å². The van der Waals surface area contributed by atoms with Crippen LogP contribution in [0.3, 0.4) is 0 Å². The Morgan fingerprint density at radius 3 is 2.58 bits per heavy atom. The largest absolute Gasteiger partial charge is 0.358 e. The van der Waals surface area contributed by atoms with Crippen molar-refractivity contribution in [2.75, 3.05) is 38.0 Å². The molecule has 1 amide bonds. The zero-order valence-corrected chi connectivity index (χ0v) is 17.9. The molecule has 2 aromatic carbocycles. The number of ketones is 1. The fourth-order valence-corrected chi connectivity index (χ4v) is 4.53. The molecule has 1 aliphatic rings. The van der Waals surface area contributed by atoms with E-state index in [2.05, 4.69) is 10.3 Å². The number of anilines is 1. The first-order valence-electron chi connectivity index (χ1n) is 10.8. The normalized spacial score (nSPS) is 19.8. The summed E-state index contributed by atoms with van der Waals surface area (Å²) in [5.41, 5.74) is 3.17. The van der Waals surface area contributed by atoms with Gasteiger partial charge in [-0.25, -0.2) is 4.39 Å². The average Bonchev–Trinajstić information content (AvgIpc) is 3.09. The van der Waals surface area contributed by atoms with E-state index < -0.39 is 0 Å². The number of nitrogens with one attached hydrogen (secondary N) is 4. The Hall–Kier alpha value is -3.03. The van der Waals surface area contributed by atoms with Gasteiger partial charge in [-0.2, -0.15) is 0 Å². The van der Waals surface area contributed by atoms with Gasteiger partial charge in [-0.3, -0.25) is 9.59 Å². The maximum atomic E-state index is 13.3. The number of aryl methyl sites for hydroxylation is 1. The van der Waals surface area contributed by atoms with Gasteiger partial charge in [-0.05, 0) is 38.1 Å². The Labute approximate surface area is 181 Å². The molecule has 162 valence electrons. The molecule has 0 bridgehead atoms. The number of piperazine rings is 1. The van der Waals surface area contributed by atoms with E-state index in [0.29, 0.717) is 12.2 Å². The second-order valence-electron chi connectivity index (χ2n) is 8.40. The van der Waals surface area contributed by atoms with E-state index in [-0.39, 0.29) is 23.5 Å². The van der Waals surface area contributed by atoms with E-state index in [1.54, 1.807) is 12.1 Å². The second-order valence-corrected chi connectivity index (χ2v) is 8.40. The third kappa shape index (κ3) is 4.68. The first-order valence-corrected chi connectivity index (χ1v) is 10.8. The van der Waals surface area contributed by atoms with E-state index in [1.165, 1.54) is 21.9 Å². The summed E-state index contributed by atoms with van der Waals surface area (Å²) in [5, 5.41) is 3.74. The highest BCUT2D eigenvalue weighted by Gasteiger charge is 2.33. The zero-order chi connectivity index (χ0) is 22.0. The number of benzene rings is 2. The van der Waals surface area contributed by atoms with Crippen molar-refractivity contribution in [2.24, 2.45) is 0 Å². The van der Waals surface area contributed by atoms with Crippen LogP contribution in [-0.2, 0) is 4.79 Å². The number of H-pyrrole nitrogens is 1. The monoisotopic (exact) mass is 424 g/mol.